The molecule has 3 heteroatoms. The van der Waals surface area contributed by atoms with Gasteiger partial charge in [-0.15, -0.1) is 0 Å². The third-order valence-electron chi connectivity index (χ3n) is 2.34. The Bertz CT molecular complexity index is 293. The van der Waals surface area contributed by atoms with Gasteiger partial charge in [-0.05, 0) is 12.1 Å². The summed E-state index contributed by atoms with van der Waals surface area (Å²) in [6.07, 6.45) is 0.488. The molecule has 13 heavy (non-hydrogen) atoms. The number of para-hydroxylation sites is 2. The molecule has 2 atom stereocenters. The molecule has 2 aliphatic rings. The van der Waals surface area contributed by atoms with Gasteiger partial charge in [-0.2, -0.15) is 0 Å². The van der Waals surface area contributed by atoms with Crippen LogP contribution in [-0.2, 0) is 4.74 Å². The summed E-state index contributed by atoms with van der Waals surface area (Å²) in [6.45, 7) is 1.29. The number of epoxide rings is 1. The van der Waals surface area contributed by atoms with Crippen molar-refractivity contribution in [3.8, 4) is 11.5 Å². The minimum Gasteiger partial charge on any atom is -0.487 e. The van der Waals surface area contributed by atoms with Crippen LogP contribution in [0.3, 0.4) is 0 Å². The fraction of sp³-hybridized carbons (Fsp3) is 0.400. The second kappa shape index (κ2) is 2.64. The summed E-state index contributed by atoms with van der Waals surface area (Å²) < 4.78 is 16.4. The monoisotopic (exact) mass is 178 g/mol. The van der Waals surface area contributed by atoms with E-state index >= 15 is 0 Å². The summed E-state index contributed by atoms with van der Waals surface area (Å²) in [5.74, 6) is 1.63. The van der Waals surface area contributed by atoms with Crippen molar-refractivity contribution in [3.63, 3.8) is 0 Å². The highest BCUT2D eigenvalue weighted by Crippen LogP contribution is 2.33. The standard InChI is InChI=1S/C10H10O3/c1-2-4-8-7(3-1)11-5-9-10(13-9)6-12-8/h1-4,9-10H,5-6H2. The maximum absolute atomic E-state index is 5.53. The van der Waals surface area contributed by atoms with Crippen molar-refractivity contribution in [1.29, 1.82) is 0 Å². The zero-order valence-corrected chi connectivity index (χ0v) is 7.10. The van der Waals surface area contributed by atoms with Crippen molar-refractivity contribution >= 4 is 0 Å². The lowest BCUT2D eigenvalue weighted by Crippen LogP contribution is -2.16. The van der Waals surface area contributed by atoms with Gasteiger partial charge in [0.15, 0.2) is 11.5 Å². The Hall–Kier alpha value is -1.22. The van der Waals surface area contributed by atoms with Gasteiger partial charge < -0.3 is 14.2 Å². The maximum Gasteiger partial charge on any atom is 0.161 e. The van der Waals surface area contributed by atoms with Gasteiger partial charge in [0.1, 0.15) is 25.4 Å². The molecule has 1 saturated heterocycles. The summed E-state index contributed by atoms with van der Waals surface area (Å²) in [5, 5.41) is 0. The van der Waals surface area contributed by atoms with Crippen molar-refractivity contribution in [3.05, 3.63) is 24.3 Å². The summed E-state index contributed by atoms with van der Waals surface area (Å²) in [7, 11) is 0. The van der Waals surface area contributed by atoms with Crippen LogP contribution in [0.1, 0.15) is 0 Å². The summed E-state index contributed by atoms with van der Waals surface area (Å²) >= 11 is 0. The van der Waals surface area contributed by atoms with Crippen LogP contribution in [0, 0.1) is 0 Å². The summed E-state index contributed by atoms with van der Waals surface area (Å²) in [5.41, 5.74) is 0. The normalized spacial score (nSPS) is 29.8. The van der Waals surface area contributed by atoms with E-state index < -0.39 is 0 Å². The van der Waals surface area contributed by atoms with Gasteiger partial charge in [-0.1, -0.05) is 12.1 Å². The SMILES string of the molecule is c1ccc2c(c1)OCC1OC1CO2. The van der Waals surface area contributed by atoms with Gasteiger partial charge in [0.2, 0.25) is 0 Å². The van der Waals surface area contributed by atoms with E-state index in [1.807, 2.05) is 24.3 Å². The molecule has 1 fully saturated rings. The first kappa shape index (κ1) is 7.21. The van der Waals surface area contributed by atoms with Crippen molar-refractivity contribution < 1.29 is 14.2 Å². The maximum atomic E-state index is 5.53. The highest BCUT2D eigenvalue weighted by molar-refractivity contribution is 5.39. The Kier molecular flexibility index (Phi) is 1.46. The molecule has 3 nitrogen and oxygen atoms in total. The Labute approximate surface area is 76.2 Å². The minimum absolute atomic E-state index is 0.244. The zero-order chi connectivity index (χ0) is 8.67. The van der Waals surface area contributed by atoms with Crippen molar-refractivity contribution in [2.45, 2.75) is 12.2 Å². The first-order valence-electron chi connectivity index (χ1n) is 4.43. The average molecular weight is 178 g/mol. The van der Waals surface area contributed by atoms with E-state index in [-0.39, 0.29) is 12.2 Å². The number of rotatable bonds is 0. The van der Waals surface area contributed by atoms with Gasteiger partial charge >= 0.3 is 0 Å². The molecule has 2 aliphatic heterocycles. The van der Waals surface area contributed by atoms with E-state index in [0.717, 1.165) is 11.5 Å². The Morgan fingerprint density at radius 3 is 2.00 bits per heavy atom. The molecule has 3 rings (SSSR count). The molecule has 0 spiro atoms. The molecule has 1 aromatic carbocycles. The van der Waals surface area contributed by atoms with Gasteiger partial charge in [-0.3, -0.25) is 0 Å². The smallest absolute Gasteiger partial charge is 0.161 e. The van der Waals surface area contributed by atoms with E-state index in [4.69, 9.17) is 14.2 Å². The Balaban J connectivity index is 1.90. The van der Waals surface area contributed by atoms with Crippen molar-refractivity contribution in [1.82, 2.24) is 0 Å². The Morgan fingerprint density at radius 1 is 0.923 bits per heavy atom. The average Bonchev–Trinajstić information content (AvgIpc) is 2.87. The number of hydrogen-bond donors (Lipinski definition) is 0. The highest BCUT2D eigenvalue weighted by Gasteiger charge is 2.41. The number of hydrogen-bond acceptors (Lipinski definition) is 3. The molecule has 0 radical (unpaired) electrons. The quantitative estimate of drug-likeness (QED) is 0.560. The second-order valence-corrected chi connectivity index (χ2v) is 3.28. The second-order valence-electron chi connectivity index (χ2n) is 3.28. The predicted octanol–water partition coefficient (Wildman–Crippen LogP) is 1.23. The molecule has 2 heterocycles. The lowest BCUT2D eigenvalue weighted by atomic mass is 10.3. The lowest BCUT2D eigenvalue weighted by molar-refractivity contribution is 0.246. The van der Waals surface area contributed by atoms with Gasteiger partial charge in [0, 0.05) is 0 Å². The largest absolute Gasteiger partial charge is 0.487 e. The molecule has 0 aliphatic carbocycles. The van der Waals surface area contributed by atoms with E-state index in [1.165, 1.54) is 0 Å². The van der Waals surface area contributed by atoms with Crippen LogP contribution in [0.15, 0.2) is 24.3 Å². The fourth-order valence-corrected chi connectivity index (χ4v) is 1.50. The fourth-order valence-electron chi connectivity index (χ4n) is 1.50. The molecule has 1 aromatic rings. The Morgan fingerprint density at radius 2 is 1.46 bits per heavy atom. The van der Waals surface area contributed by atoms with Gasteiger partial charge in [0.25, 0.3) is 0 Å². The molecule has 0 amide bonds. The summed E-state index contributed by atoms with van der Waals surface area (Å²) in [4.78, 5) is 0. The molecular weight excluding hydrogens is 168 g/mol. The van der Waals surface area contributed by atoms with Crippen LogP contribution in [-0.4, -0.2) is 25.4 Å². The minimum atomic E-state index is 0.244. The van der Waals surface area contributed by atoms with Gasteiger partial charge in [-0.25, -0.2) is 0 Å². The predicted molar refractivity (Wildman–Crippen MR) is 46.1 cm³/mol. The lowest BCUT2D eigenvalue weighted by Gasteiger charge is -2.13. The van der Waals surface area contributed by atoms with E-state index in [9.17, 15) is 0 Å². The van der Waals surface area contributed by atoms with E-state index in [1.54, 1.807) is 0 Å². The van der Waals surface area contributed by atoms with Crippen LogP contribution in [0.25, 0.3) is 0 Å². The van der Waals surface area contributed by atoms with Crippen LogP contribution in [0.4, 0.5) is 0 Å². The summed E-state index contributed by atoms with van der Waals surface area (Å²) in [6, 6.07) is 7.71. The molecule has 0 aromatic heterocycles. The zero-order valence-electron chi connectivity index (χ0n) is 7.10. The molecule has 68 valence electrons. The molecular formula is C10H10O3. The molecule has 2 unspecified atom stereocenters. The first-order valence-corrected chi connectivity index (χ1v) is 4.43. The number of benzene rings is 1. The van der Waals surface area contributed by atoms with E-state index in [0.29, 0.717) is 13.2 Å². The first-order chi connectivity index (χ1) is 6.43. The van der Waals surface area contributed by atoms with Crippen LogP contribution in [0.5, 0.6) is 11.5 Å². The van der Waals surface area contributed by atoms with Crippen LogP contribution >= 0.6 is 0 Å². The van der Waals surface area contributed by atoms with Crippen molar-refractivity contribution in [2.24, 2.45) is 0 Å². The number of ether oxygens (including phenoxy) is 3. The highest BCUT2D eigenvalue weighted by atomic mass is 16.6. The molecule has 0 N–H and O–H groups in total. The molecule has 0 bridgehead atoms. The van der Waals surface area contributed by atoms with Gasteiger partial charge in [0.05, 0.1) is 0 Å². The third-order valence-corrected chi connectivity index (χ3v) is 2.34. The third kappa shape index (κ3) is 1.25. The molecule has 0 saturated carbocycles. The van der Waals surface area contributed by atoms with Crippen LogP contribution in [0.2, 0.25) is 0 Å². The van der Waals surface area contributed by atoms with Crippen molar-refractivity contribution in [2.75, 3.05) is 13.2 Å². The topological polar surface area (TPSA) is 31.0 Å². The van der Waals surface area contributed by atoms with E-state index in [2.05, 4.69) is 0 Å². The van der Waals surface area contributed by atoms with Crippen LogP contribution < -0.4 is 9.47 Å². The number of fused-ring (bicyclic) bond motifs is 2.